The standard InChI is InChI=1S/C36H44BrFN2O4/c1-3-40(31-15-9-5-10-16-31)25-29-23-28(24-32(37)33(29)39)34(41)43-21-11-6-12-22-44-35(42)36(2,38)30-19-17-27(18-20-30)26-13-7-4-8-14-26/h4,7-8,13-14,17-20,23-24,31H,3,5-6,9-12,15-16,21-22,25,39H2,1-2H3. The molecule has 6 nitrogen and oxygen atoms in total. The Hall–Kier alpha value is -3.23. The average molecular weight is 668 g/mol. The number of esters is 2. The van der Waals surface area contributed by atoms with E-state index in [0.29, 0.717) is 47.6 Å². The summed E-state index contributed by atoms with van der Waals surface area (Å²) in [5, 5.41) is 0. The molecule has 3 aromatic carbocycles. The highest BCUT2D eigenvalue weighted by atomic mass is 79.9. The van der Waals surface area contributed by atoms with Crippen LogP contribution in [0.1, 0.15) is 86.7 Å². The summed E-state index contributed by atoms with van der Waals surface area (Å²) in [5.74, 6) is -1.31. The smallest absolute Gasteiger partial charge is 0.348 e. The lowest BCUT2D eigenvalue weighted by molar-refractivity contribution is -0.157. The van der Waals surface area contributed by atoms with Crippen LogP contribution >= 0.6 is 15.9 Å². The maximum absolute atomic E-state index is 15.4. The Morgan fingerprint density at radius 2 is 1.57 bits per heavy atom. The van der Waals surface area contributed by atoms with Crippen molar-refractivity contribution in [1.82, 2.24) is 4.90 Å². The first kappa shape index (κ1) is 33.7. The number of benzene rings is 3. The zero-order valence-corrected chi connectivity index (χ0v) is 27.4. The molecule has 1 saturated carbocycles. The van der Waals surface area contributed by atoms with Gasteiger partial charge in [-0.05, 0) is 90.3 Å². The molecule has 1 fully saturated rings. The minimum absolute atomic E-state index is 0.0948. The second-order valence-electron chi connectivity index (χ2n) is 11.7. The Labute approximate surface area is 269 Å². The highest BCUT2D eigenvalue weighted by Gasteiger charge is 2.37. The van der Waals surface area contributed by atoms with Gasteiger partial charge in [-0.2, -0.15) is 0 Å². The molecule has 1 atom stereocenters. The number of halogens is 2. The van der Waals surface area contributed by atoms with Gasteiger partial charge in [0.2, 0.25) is 5.67 Å². The van der Waals surface area contributed by atoms with Gasteiger partial charge < -0.3 is 15.2 Å². The third-order valence-corrected chi connectivity index (χ3v) is 9.15. The molecule has 2 N–H and O–H groups in total. The summed E-state index contributed by atoms with van der Waals surface area (Å²) >= 11 is 3.52. The minimum Gasteiger partial charge on any atom is -0.463 e. The van der Waals surface area contributed by atoms with Crippen LogP contribution in [0.2, 0.25) is 0 Å². The third-order valence-electron chi connectivity index (χ3n) is 8.49. The molecule has 1 unspecified atom stereocenters. The number of ether oxygens (including phenoxy) is 2. The SMILES string of the molecule is CCN(Cc1cc(C(=O)OCCCCCOC(=O)C(C)(F)c2ccc(-c3ccccc3)cc2)cc(Br)c1N)C1CCCCC1. The number of carbonyl (C=O) groups is 2. The second-order valence-corrected chi connectivity index (χ2v) is 12.5. The number of carbonyl (C=O) groups excluding carboxylic acids is 2. The summed E-state index contributed by atoms with van der Waals surface area (Å²) in [7, 11) is 0. The predicted octanol–water partition coefficient (Wildman–Crippen LogP) is 8.61. The molecule has 236 valence electrons. The Balaban J connectivity index is 1.19. The van der Waals surface area contributed by atoms with Crippen molar-refractivity contribution in [2.45, 2.75) is 83.5 Å². The van der Waals surface area contributed by atoms with Crippen LogP contribution in [0.4, 0.5) is 10.1 Å². The Morgan fingerprint density at radius 3 is 2.23 bits per heavy atom. The van der Waals surface area contributed by atoms with Crippen LogP contribution in [-0.4, -0.2) is 42.6 Å². The number of anilines is 1. The average Bonchev–Trinajstić information content (AvgIpc) is 3.05. The van der Waals surface area contributed by atoms with Crippen LogP contribution in [0, 0.1) is 0 Å². The van der Waals surface area contributed by atoms with E-state index in [1.165, 1.54) is 39.0 Å². The zero-order valence-electron chi connectivity index (χ0n) is 25.8. The molecular weight excluding hydrogens is 623 g/mol. The minimum atomic E-state index is -2.25. The van der Waals surface area contributed by atoms with E-state index in [4.69, 9.17) is 15.2 Å². The fraction of sp³-hybridized carbons (Fsp3) is 0.444. The zero-order chi connectivity index (χ0) is 31.5. The predicted molar refractivity (Wildman–Crippen MR) is 177 cm³/mol. The first-order valence-electron chi connectivity index (χ1n) is 15.7. The normalized spacial score (nSPS) is 15.1. The summed E-state index contributed by atoms with van der Waals surface area (Å²) in [5.41, 5.74) is 8.39. The summed E-state index contributed by atoms with van der Waals surface area (Å²) in [6.45, 7) is 5.35. The van der Waals surface area contributed by atoms with Crippen LogP contribution in [0.5, 0.6) is 0 Å². The number of hydrogen-bond acceptors (Lipinski definition) is 6. The molecule has 4 rings (SSSR count). The number of rotatable bonds is 14. The number of nitrogen functional groups attached to an aromatic ring is 1. The first-order chi connectivity index (χ1) is 21.2. The van der Waals surface area contributed by atoms with E-state index in [2.05, 4.69) is 27.8 Å². The van der Waals surface area contributed by atoms with Crippen molar-refractivity contribution in [3.8, 4) is 11.1 Å². The van der Waals surface area contributed by atoms with Crippen molar-refractivity contribution in [3.05, 3.63) is 87.9 Å². The molecule has 44 heavy (non-hydrogen) atoms. The Morgan fingerprint density at radius 1 is 0.932 bits per heavy atom. The number of hydrogen-bond donors (Lipinski definition) is 1. The Bertz CT molecular complexity index is 1370. The van der Waals surface area contributed by atoms with Crippen molar-refractivity contribution in [3.63, 3.8) is 0 Å². The number of nitrogens with zero attached hydrogens (tertiary/aromatic N) is 1. The highest BCUT2D eigenvalue weighted by Crippen LogP contribution is 2.31. The van der Waals surface area contributed by atoms with Gasteiger partial charge in [0.1, 0.15) is 0 Å². The van der Waals surface area contributed by atoms with Crippen molar-refractivity contribution in [1.29, 1.82) is 0 Å². The summed E-state index contributed by atoms with van der Waals surface area (Å²) < 4.78 is 26.8. The summed E-state index contributed by atoms with van der Waals surface area (Å²) in [6.07, 6.45) is 8.03. The molecule has 3 aromatic rings. The van der Waals surface area contributed by atoms with E-state index >= 15 is 4.39 Å². The molecule has 0 radical (unpaired) electrons. The largest absolute Gasteiger partial charge is 0.463 e. The summed E-state index contributed by atoms with van der Waals surface area (Å²) in [4.78, 5) is 27.8. The van der Waals surface area contributed by atoms with E-state index in [0.717, 1.165) is 23.2 Å². The maximum Gasteiger partial charge on any atom is 0.348 e. The fourth-order valence-corrected chi connectivity index (χ4v) is 6.24. The van der Waals surface area contributed by atoms with Crippen molar-refractivity contribution in [2.24, 2.45) is 0 Å². The quantitative estimate of drug-likeness (QED) is 0.105. The van der Waals surface area contributed by atoms with Crippen LogP contribution in [0.3, 0.4) is 0 Å². The van der Waals surface area contributed by atoms with Crippen molar-refractivity contribution in [2.75, 3.05) is 25.5 Å². The van der Waals surface area contributed by atoms with E-state index in [-0.39, 0.29) is 18.8 Å². The molecule has 0 saturated heterocycles. The molecule has 0 heterocycles. The lowest BCUT2D eigenvalue weighted by Gasteiger charge is -2.34. The topological polar surface area (TPSA) is 81.9 Å². The van der Waals surface area contributed by atoms with Gasteiger partial charge in [0, 0.05) is 22.6 Å². The second kappa shape index (κ2) is 16.2. The van der Waals surface area contributed by atoms with Crippen LogP contribution in [0.15, 0.2) is 71.2 Å². The van der Waals surface area contributed by atoms with E-state index < -0.39 is 17.6 Å². The molecular formula is C36H44BrFN2O4. The monoisotopic (exact) mass is 666 g/mol. The lowest BCUT2D eigenvalue weighted by atomic mass is 9.93. The molecule has 0 amide bonds. The molecule has 0 aromatic heterocycles. The molecule has 0 bridgehead atoms. The number of alkyl halides is 1. The first-order valence-corrected chi connectivity index (χ1v) is 16.5. The number of nitrogens with two attached hydrogens (primary N) is 1. The Kier molecular flexibility index (Phi) is 12.4. The molecule has 1 aliphatic rings. The van der Waals surface area contributed by atoms with Gasteiger partial charge in [0.15, 0.2) is 0 Å². The van der Waals surface area contributed by atoms with E-state index in [1.54, 1.807) is 30.3 Å². The van der Waals surface area contributed by atoms with Gasteiger partial charge in [0.05, 0.1) is 24.5 Å². The van der Waals surface area contributed by atoms with Gasteiger partial charge in [-0.25, -0.2) is 14.0 Å². The van der Waals surface area contributed by atoms with Gasteiger partial charge in [-0.15, -0.1) is 0 Å². The molecule has 0 spiro atoms. The highest BCUT2D eigenvalue weighted by molar-refractivity contribution is 9.10. The molecule has 0 aliphatic heterocycles. The van der Waals surface area contributed by atoms with E-state index in [9.17, 15) is 9.59 Å². The van der Waals surface area contributed by atoms with Crippen LogP contribution in [0.25, 0.3) is 11.1 Å². The lowest BCUT2D eigenvalue weighted by Crippen LogP contribution is -2.36. The van der Waals surface area contributed by atoms with E-state index in [1.807, 2.05) is 36.4 Å². The fourth-order valence-electron chi connectivity index (χ4n) is 5.74. The van der Waals surface area contributed by atoms with Crippen molar-refractivity contribution >= 4 is 33.6 Å². The van der Waals surface area contributed by atoms with Crippen molar-refractivity contribution < 1.29 is 23.5 Å². The van der Waals surface area contributed by atoms with Crippen LogP contribution in [-0.2, 0) is 26.5 Å². The summed E-state index contributed by atoms with van der Waals surface area (Å²) in [6, 6.07) is 20.7. The molecule has 1 aliphatic carbocycles. The molecule has 8 heteroatoms. The van der Waals surface area contributed by atoms with Gasteiger partial charge in [-0.1, -0.05) is 80.8 Å². The maximum atomic E-state index is 15.4. The van der Waals surface area contributed by atoms with Gasteiger partial charge >= 0.3 is 11.9 Å². The van der Waals surface area contributed by atoms with Gasteiger partial charge in [0.25, 0.3) is 0 Å². The third kappa shape index (κ3) is 8.91. The number of unbranched alkanes of at least 4 members (excludes halogenated alkanes) is 2. The van der Waals surface area contributed by atoms with Gasteiger partial charge in [-0.3, -0.25) is 4.90 Å². The van der Waals surface area contributed by atoms with Crippen LogP contribution < -0.4 is 5.73 Å².